The van der Waals surface area contributed by atoms with Gasteiger partial charge in [0.2, 0.25) is 29.5 Å². The molecular weight excluding hydrogens is 1730 g/mol. The van der Waals surface area contributed by atoms with Crippen LogP contribution in [0.15, 0.2) is 164 Å². The molecule has 0 radical (unpaired) electrons. The number of rotatable bonds is 19. The number of aliphatic hydroxyl groups excluding tert-OH is 3. The smallest absolute Gasteiger partial charge is 0.392 e. The quantitative estimate of drug-likeness (QED) is 0.0548. The molecule has 10 aromatic rings. The van der Waals surface area contributed by atoms with Crippen LogP contribution in [0.1, 0.15) is 170 Å². The Kier molecular flexibility index (Phi) is 31.6. The Bertz CT molecular complexity index is 5790. The molecule has 0 unspecified atom stereocenters. The standard InChI is InChI=1S/C20H20F3N3O2.C19H16F3N3O.C19H19F3N2O2.2C18H17F3N2O2/c1-12-10-15(20(21,22)23)25-18(17(12)19(28)24-2)14-7-5-13(6-8-14)11-26-9-3-4-16(26)27;1-12-9-16(19(20,21)22)24-18(15(12)10-23)14-6-4-13(5-7-14)11-25-8-2-3-17(25)26;1-12-9-16(19(20,21)22)23-18(15(12)11-25)14-6-4-13(5-7-14)10-24-8-2-3-17(24)26;19-18(20,21)15-8-7-14(11-24)17(22-15)13-5-3-12(4-6-13)10-23-9-1-2-16(23)25;19-18(20,21)17-14(11-24)7-8-15(22-17)13-5-3-12(4-6-13)10-23-9-1-2-16(23)25/h5-8,10H,3-4,9,11H2,1-2H3,(H,24,28);4-7,9H,2-3,8,11H2,1H3;4-7,9,25H,2-3,8,10-11H2,1H3;2*3-8,24H,1-2,9-11H2. The fraction of sp³-hybridized carbons (Fsp3) is 0.340. The summed E-state index contributed by atoms with van der Waals surface area (Å²) in [6, 6.07) is 43.7. The lowest BCUT2D eigenvalue weighted by Gasteiger charge is -2.17. The number of hydrogen-bond acceptors (Lipinski definition) is 15. The van der Waals surface area contributed by atoms with Crippen molar-refractivity contribution in [3.63, 3.8) is 0 Å². The zero-order valence-corrected chi connectivity index (χ0v) is 70.7. The number of aryl methyl sites for hydroxylation is 3. The van der Waals surface area contributed by atoms with Crippen LogP contribution in [0, 0.1) is 32.1 Å². The van der Waals surface area contributed by atoms with Gasteiger partial charge in [0.15, 0.2) is 5.69 Å². The zero-order valence-electron chi connectivity index (χ0n) is 70.7. The van der Waals surface area contributed by atoms with Gasteiger partial charge in [-0.3, -0.25) is 28.8 Å². The average molecular weight is 1820 g/mol. The van der Waals surface area contributed by atoms with E-state index in [1.807, 2.05) is 6.07 Å². The average Bonchev–Trinajstić information content (AvgIpc) is 0.830. The highest BCUT2D eigenvalue weighted by atomic mass is 19.4. The minimum Gasteiger partial charge on any atom is -0.392 e. The molecule has 0 aliphatic carbocycles. The van der Waals surface area contributed by atoms with E-state index in [4.69, 9.17) is 5.11 Å². The Balaban J connectivity index is 0.000000157. The minimum absolute atomic E-state index is 0.0172. The van der Waals surface area contributed by atoms with E-state index < -0.39 is 85.1 Å². The molecule has 684 valence electrons. The number of nitrogens with one attached hydrogen (secondary N) is 1. The highest BCUT2D eigenvalue weighted by molar-refractivity contribution is 6.01. The van der Waals surface area contributed by atoms with E-state index in [1.54, 1.807) is 146 Å². The third kappa shape index (κ3) is 24.9. The summed E-state index contributed by atoms with van der Waals surface area (Å²) >= 11 is 0. The van der Waals surface area contributed by atoms with E-state index in [-0.39, 0.29) is 85.8 Å². The van der Waals surface area contributed by atoms with Crippen molar-refractivity contribution in [1.29, 1.82) is 5.26 Å². The van der Waals surface area contributed by atoms with Crippen LogP contribution in [-0.2, 0) is 107 Å². The maximum absolute atomic E-state index is 13.2. The molecule has 36 heteroatoms. The van der Waals surface area contributed by atoms with Crippen LogP contribution in [0.4, 0.5) is 65.9 Å². The number of amides is 6. The van der Waals surface area contributed by atoms with Gasteiger partial charge in [-0.2, -0.15) is 71.1 Å². The molecule has 130 heavy (non-hydrogen) atoms. The van der Waals surface area contributed by atoms with Gasteiger partial charge >= 0.3 is 30.9 Å². The Morgan fingerprint density at radius 2 is 0.669 bits per heavy atom. The summed E-state index contributed by atoms with van der Waals surface area (Å²) in [4.78, 5) is 98.0. The first kappa shape index (κ1) is 97.6. The molecule has 21 nitrogen and oxygen atoms in total. The largest absolute Gasteiger partial charge is 0.433 e. The second-order valence-corrected chi connectivity index (χ2v) is 31.4. The van der Waals surface area contributed by atoms with Gasteiger partial charge in [-0.15, -0.1) is 0 Å². The number of halogens is 15. The van der Waals surface area contributed by atoms with E-state index in [2.05, 4.69) is 30.2 Å². The summed E-state index contributed by atoms with van der Waals surface area (Å²) in [6.07, 6.45) is -15.9. The third-order valence-electron chi connectivity index (χ3n) is 22.1. The Morgan fingerprint density at radius 3 is 0.992 bits per heavy atom. The highest BCUT2D eigenvalue weighted by Crippen LogP contribution is 2.40. The molecule has 5 fully saturated rings. The minimum atomic E-state index is -4.62. The third-order valence-corrected chi connectivity index (χ3v) is 22.1. The van der Waals surface area contributed by atoms with Crippen molar-refractivity contribution in [2.45, 2.75) is 168 Å². The summed E-state index contributed by atoms with van der Waals surface area (Å²) in [5.74, 6) is 0.0655. The van der Waals surface area contributed by atoms with Crippen LogP contribution in [0.25, 0.3) is 56.3 Å². The molecule has 5 aliphatic rings. The normalized spacial score (nSPS) is 14.8. The Hall–Kier alpha value is -13.0. The fourth-order valence-corrected chi connectivity index (χ4v) is 15.2. The molecule has 0 saturated carbocycles. The number of aromatic nitrogens is 5. The molecule has 15 rings (SSSR count). The number of nitrogens with zero attached hydrogens (tertiary/aromatic N) is 11. The van der Waals surface area contributed by atoms with E-state index in [0.717, 1.165) is 104 Å². The van der Waals surface area contributed by atoms with Gasteiger partial charge in [0.25, 0.3) is 5.91 Å². The van der Waals surface area contributed by atoms with Crippen molar-refractivity contribution in [3.05, 3.63) is 265 Å². The lowest BCUT2D eigenvalue weighted by atomic mass is 9.99. The number of likely N-dealkylation sites (tertiary alicyclic amines) is 5. The first-order valence-corrected chi connectivity index (χ1v) is 41.3. The van der Waals surface area contributed by atoms with Crippen LogP contribution in [0.5, 0.6) is 0 Å². The molecule has 5 aromatic carbocycles. The van der Waals surface area contributed by atoms with Crippen molar-refractivity contribution in [1.82, 2.24) is 54.7 Å². The predicted molar refractivity (Wildman–Crippen MR) is 447 cm³/mol. The molecule has 5 aromatic heterocycles. The van der Waals surface area contributed by atoms with Crippen molar-refractivity contribution in [2.24, 2.45) is 0 Å². The summed E-state index contributed by atoms with van der Waals surface area (Å²) in [5.41, 5.74) is 3.64. The number of aliphatic hydroxyl groups is 3. The Morgan fingerprint density at radius 1 is 0.362 bits per heavy atom. The summed E-state index contributed by atoms with van der Waals surface area (Å²) < 4.78 is 196. The highest BCUT2D eigenvalue weighted by Gasteiger charge is 2.40. The lowest BCUT2D eigenvalue weighted by Crippen LogP contribution is -2.23. The van der Waals surface area contributed by atoms with Crippen LogP contribution in [0.2, 0.25) is 0 Å². The maximum Gasteiger partial charge on any atom is 0.433 e. The summed E-state index contributed by atoms with van der Waals surface area (Å²) in [6.45, 7) is 8.95. The van der Waals surface area contributed by atoms with E-state index in [0.29, 0.717) is 122 Å². The molecule has 5 saturated heterocycles. The molecule has 0 spiro atoms. The van der Waals surface area contributed by atoms with Gasteiger partial charge in [0, 0.05) is 149 Å². The van der Waals surface area contributed by atoms with E-state index in [9.17, 15) is 110 Å². The number of alkyl halides is 15. The molecule has 4 N–H and O–H groups in total. The van der Waals surface area contributed by atoms with Crippen LogP contribution in [0.3, 0.4) is 0 Å². The van der Waals surface area contributed by atoms with Gasteiger partial charge in [-0.05, 0) is 128 Å². The second-order valence-electron chi connectivity index (χ2n) is 31.4. The summed E-state index contributed by atoms with van der Waals surface area (Å²) in [5, 5.41) is 39.8. The molecule has 0 atom stereocenters. The maximum atomic E-state index is 13.2. The monoisotopic (exact) mass is 1810 g/mol. The fourth-order valence-electron chi connectivity index (χ4n) is 15.2. The molecule has 5 aliphatic heterocycles. The van der Waals surface area contributed by atoms with Crippen molar-refractivity contribution >= 4 is 35.4 Å². The van der Waals surface area contributed by atoms with Gasteiger partial charge in [-0.1, -0.05) is 133 Å². The first-order valence-electron chi connectivity index (χ1n) is 41.3. The van der Waals surface area contributed by atoms with E-state index in [1.165, 1.54) is 46.0 Å². The number of nitriles is 1. The van der Waals surface area contributed by atoms with Crippen LogP contribution in [-0.4, -0.2) is 140 Å². The SMILES string of the molecule is CNC(=O)c1c(C)cc(C(F)(F)F)nc1-c1ccc(CN2CCCC2=O)cc1.Cc1cc(C(F)(F)F)nc(-c2ccc(CN3CCCC3=O)cc2)c1C#N.Cc1cc(C(F)(F)F)nc(-c2ccc(CN3CCCC3=O)cc2)c1CO.O=C1CCCN1Cc1ccc(-c2ccc(CO)c(C(F)(F)F)n2)cc1.O=C1CCCN1Cc1ccc(-c2nc(C(F)(F)F)ccc2CO)cc1. The van der Waals surface area contributed by atoms with Gasteiger partial charge in [0.1, 0.15) is 28.8 Å². The first-order chi connectivity index (χ1) is 61.5. The van der Waals surface area contributed by atoms with Crippen molar-refractivity contribution < 1.29 is 110 Å². The van der Waals surface area contributed by atoms with Crippen LogP contribution >= 0.6 is 0 Å². The van der Waals surface area contributed by atoms with Crippen molar-refractivity contribution in [2.75, 3.05) is 39.8 Å². The molecule has 6 amide bonds. The van der Waals surface area contributed by atoms with Crippen LogP contribution < -0.4 is 5.32 Å². The van der Waals surface area contributed by atoms with Gasteiger partial charge in [-0.25, -0.2) is 24.9 Å². The van der Waals surface area contributed by atoms with E-state index >= 15 is 0 Å². The molecule has 0 bridgehead atoms. The summed E-state index contributed by atoms with van der Waals surface area (Å²) in [7, 11) is 1.42. The molecule has 10 heterocycles. The number of carbonyl (C=O) groups excluding carboxylic acids is 6. The van der Waals surface area contributed by atoms with Gasteiger partial charge in [0.05, 0.1) is 59.4 Å². The topological polar surface area (TPSA) is 280 Å². The number of pyridine rings is 5. The van der Waals surface area contributed by atoms with Crippen molar-refractivity contribution in [3.8, 4) is 62.4 Å². The number of carbonyl (C=O) groups is 6. The zero-order chi connectivity index (χ0) is 94.3. The van der Waals surface area contributed by atoms with Gasteiger partial charge < -0.3 is 45.1 Å². The Labute approximate surface area is 737 Å². The molecular formula is C94H89F15N12O9. The second kappa shape index (κ2) is 42.0. The lowest BCUT2D eigenvalue weighted by molar-refractivity contribution is -0.142. The number of benzene rings is 5. The number of hydrogen-bond donors (Lipinski definition) is 4. The predicted octanol–water partition coefficient (Wildman–Crippen LogP) is 18.1.